The molecular formula is C19H27N3O7S. The number of ether oxygens (including phenoxy) is 2. The van der Waals surface area contributed by atoms with Crippen LogP contribution in [-0.4, -0.2) is 86.0 Å². The van der Waals surface area contributed by atoms with Crippen molar-refractivity contribution in [2.75, 3.05) is 44.2 Å². The number of aliphatic hydroxyl groups excluding tert-OH is 1. The number of carbonyl (C=O) groups excluding carboxylic acids is 2. The van der Waals surface area contributed by atoms with E-state index in [1.165, 1.54) is 38.4 Å². The van der Waals surface area contributed by atoms with Crippen LogP contribution in [0.2, 0.25) is 0 Å². The average molecular weight is 442 g/mol. The monoisotopic (exact) mass is 441 g/mol. The third kappa shape index (κ3) is 4.85. The second-order valence-electron chi connectivity index (χ2n) is 8.16. The number of anilines is 1. The number of amides is 2. The molecule has 2 amide bonds. The van der Waals surface area contributed by atoms with Crippen molar-refractivity contribution >= 4 is 27.9 Å². The van der Waals surface area contributed by atoms with Gasteiger partial charge in [0.2, 0.25) is 10.0 Å². The summed E-state index contributed by atoms with van der Waals surface area (Å²) in [6, 6.07) is 5.94. The van der Waals surface area contributed by atoms with Gasteiger partial charge in [0.05, 0.1) is 18.0 Å². The molecule has 0 aromatic heterocycles. The van der Waals surface area contributed by atoms with Crippen LogP contribution in [-0.2, 0) is 19.5 Å². The zero-order valence-corrected chi connectivity index (χ0v) is 18.1. The van der Waals surface area contributed by atoms with Gasteiger partial charge in [-0.15, -0.1) is 0 Å². The molecule has 2 fully saturated rings. The lowest BCUT2D eigenvalue weighted by atomic mass is 10.2. The summed E-state index contributed by atoms with van der Waals surface area (Å²) >= 11 is 0. The summed E-state index contributed by atoms with van der Waals surface area (Å²) in [4.78, 5) is 27.0. The smallest absolute Gasteiger partial charge is 0.414 e. The number of cyclic esters (lactones) is 1. The second kappa shape index (κ2) is 8.40. The lowest BCUT2D eigenvalue weighted by molar-refractivity contribution is 0.0192. The van der Waals surface area contributed by atoms with Crippen LogP contribution in [0.1, 0.15) is 20.8 Å². The van der Waals surface area contributed by atoms with Gasteiger partial charge < -0.3 is 19.5 Å². The normalized spacial score (nSPS) is 20.9. The first-order valence-electron chi connectivity index (χ1n) is 9.68. The molecule has 2 aliphatic heterocycles. The highest BCUT2D eigenvalue weighted by atomic mass is 32.2. The van der Waals surface area contributed by atoms with Crippen LogP contribution < -0.4 is 4.90 Å². The molecule has 3 rings (SSSR count). The standard InChI is InChI=1S/C19H27N3O7S/c1-19(2,3)29-17(24)20-8-10-21(11-9-20)30(26,27)16-6-4-14(5-7-16)22-12-15(13-23)28-18(22)25/h4-7,15,23H,8-13H2,1-3H3. The molecule has 2 aliphatic rings. The minimum absolute atomic E-state index is 0.100. The molecule has 30 heavy (non-hydrogen) atoms. The van der Waals surface area contributed by atoms with E-state index in [1.54, 1.807) is 20.8 Å². The molecule has 0 aliphatic carbocycles. The van der Waals surface area contributed by atoms with Gasteiger partial charge in [-0.3, -0.25) is 4.90 Å². The largest absolute Gasteiger partial charge is 0.444 e. The maximum absolute atomic E-state index is 12.9. The third-order valence-electron chi connectivity index (χ3n) is 4.75. The van der Waals surface area contributed by atoms with Crippen LogP contribution >= 0.6 is 0 Å². The van der Waals surface area contributed by atoms with Gasteiger partial charge in [0.25, 0.3) is 0 Å². The van der Waals surface area contributed by atoms with E-state index in [9.17, 15) is 18.0 Å². The van der Waals surface area contributed by atoms with Crippen molar-refractivity contribution in [1.29, 1.82) is 0 Å². The Morgan fingerprint density at radius 2 is 1.77 bits per heavy atom. The highest BCUT2D eigenvalue weighted by Gasteiger charge is 2.34. The number of hydrogen-bond donors (Lipinski definition) is 1. The van der Waals surface area contributed by atoms with Gasteiger partial charge in [0, 0.05) is 31.9 Å². The van der Waals surface area contributed by atoms with Crippen LogP contribution in [0.4, 0.5) is 15.3 Å². The van der Waals surface area contributed by atoms with E-state index in [2.05, 4.69) is 0 Å². The van der Waals surface area contributed by atoms with E-state index in [0.29, 0.717) is 5.69 Å². The van der Waals surface area contributed by atoms with Gasteiger partial charge in [0.15, 0.2) is 0 Å². The number of nitrogens with zero attached hydrogens (tertiary/aromatic N) is 3. The zero-order chi connectivity index (χ0) is 22.1. The van der Waals surface area contributed by atoms with Crippen molar-refractivity contribution in [3.05, 3.63) is 24.3 Å². The molecule has 166 valence electrons. The van der Waals surface area contributed by atoms with Crippen molar-refractivity contribution in [1.82, 2.24) is 9.21 Å². The Kier molecular flexibility index (Phi) is 6.25. The number of rotatable bonds is 4. The van der Waals surface area contributed by atoms with Gasteiger partial charge in [-0.05, 0) is 45.0 Å². The molecule has 2 saturated heterocycles. The van der Waals surface area contributed by atoms with Crippen LogP contribution in [0.5, 0.6) is 0 Å². The van der Waals surface area contributed by atoms with Crippen LogP contribution in [0.15, 0.2) is 29.2 Å². The van der Waals surface area contributed by atoms with Crippen LogP contribution in [0.25, 0.3) is 0 Å². The highest BCUT2D eigenvalue weighted by Crippen LogP contribution is 2.25. The first-order chi connectivity index (χ1) is 14.0. The molecule has 1 aromatic carbocycles. The fourth-order valence-electron chi connectivity index (χ4n) is 3.21. The Morgan fingerprint density at radius 3 is 2.27 bits per heavy atom. The Labute approximate surface area is 176 Å². The average Bonchev–Trinajstić information content (AvgIpc) is 3.08. The van der Waals surface area contributed by atoms with E-state index < -0.39 is 33.9 Å². The topological polar surface area (TPSA) is 117 Å². The minimum atomic E-state index is -3.74. The third-order valence-corrected chi connectivity index (χ3v) is 6.67. The summed E-state index contributed by atoms with van der Waals surface area (Å²) in [6.07, 6.45) is -1.63. The van der Waals surface area contributed by atoms with Gasteiger partial charge in [-0.25, -0.2) is 18.0 Å². The fourth-order valence-corrected chi connectivity index (χ4v) is 4.63. The molecule has 1 unspecified atom stereocenters. The van der Waals surface area contributed by atoms with E-state index in [4.69, 9.17) is 14.6 Å². The predicted molar refractivity (Wildman–Crippen MR) is 108 cm³/mol. The molecule has 0 radical (unpaired) electrons. The van der Waals surface area contributed by atoms with E-state index >= 15 is 0 Å². The summed E-state index contributed by atoms with van der Waals surface area (Å²) < 4.78 is 37.5. The lowest BCUT2D eigenvalue weighted by Gasteiger charge is -2.35. The first-order valence-corrected chi connectivity index (χ1v) is 11.1. The molecule has 2 heterocycles. The maximum Gasteiger partial charge on any atom is 0.414 e. The summed E-state index contributed by atoms with van der Waals surface area (Å²) in [5.41, 5.74) is -0.120. The number of benzene rings is 1. The molecule has 1 aromatic rings. The molecule has 0 saturated carbocycles. The Balaban J connectivity index is 1.64. The summed E-state index contributed by atoms with van der Waals surface area (Å²) in [6.45, 7) is 6.09. The molecule has 10 nitrogen and oxygen atoms in total. The molecule has 0 bridgehead atoms. The minimum Gasteiger partial charge on any atom is -0.444 e. The number of carbonyl (C=O) groups is 2. The molecule has 11 heteroatoms. The van der Waals surface area contributed by atoms with Gasteiger partial charge >= 0.3 is 12.2 Å². The van der Waals surface area contributed by atoms with Crippen molar-refractivity contribution in [3.8, 4) is 0 Å². The van der Waals surface area contributed by atoms with Crippen LogP contribution in [0, 0.1) is 0 Å². The molecule has 1 N–H and O–H groups in total. The summed E-state index contributed by atoms with van der Waals surface area (Å²) in [5.74, 6) is 0. The van der Waals surface area contributed by atoms with Crippen LogP contribution in [0.3, 0.4) is 0 Å². The first kappa shape index (κ1) is 22.3. The zero-order valence-electron chi connectivity index (χ0n) is 17.3. The predicted octanol–water partition coefficient (Wildman–Crippen LogP) is 1.25. The van der Waals surface area contributed by atoms with Crippen molar-refractivity contribution < 1.29 is 32.6 Å². The number of hydrogen-bond acceptors (Lipinski definition) is 7. The fraction of sp³-hybridized carbons (Fsp3) is 0.579. The molecule has 1 atom stereocenters. The van der Waals surface area contributed by atoms with Gasteiger partial charge in [0.1, 0.15) is 11.7 Å². The molecule has 0 spiro atoms. The van der Waals surface area contributed by atoms with E-state index in [0.717, 1.165) is 0 Å². The maximum atomic E-state index is 12.9. The van der Waals surface area contributed by atoms with Crippen molar-refractivity contribution in [2.24, 2.45) is 0 Å². The number of aliphatic hydroxyl groups is 1. The second-order valence-corrected chi connectivity index (χ2v) is 10.1. The summed E-state index contributed by atoms with van der Waals surface area (Å²) in [7, 11) is -3.74. The Morgan fingerprint density at radius 1 is 1.17 bits per heavy atom. The number of piperazine rings is 1. The lowest BCUT2D eigenvalue weighted by Crippen LogP contribution is -2.51. The van der Waals surface area contributed by atoms with Crippen molar-refractivity contribution in [2.45, 2.75) is 37.4 Å². The molecular weight excluding hydrogens is 414 g/mol. The van der Waals surface area contributed by atoms with Gasteiger partial charge in [-0.1, -0.05) is 0 Å². The van der Waals surface area contributed by atoms with Crippen molar-refractivity contribution in [3.63, 3.8) is 0 Å². The quantitative estimate of drug-likeness (QED) is 0.747. The SMILES string of the molecule is CC(C)(C)OC(=O)N1CCN(S(=O)(=O)c2ccc(N3CC(CO)OC3=O)cc2)CC1. The number of sulfonamides is 1. The van der Waals surface area contributed by atoms with E-state index in [1.807, 2.05) is 0 Å². The summed E-state index contributed by atoms with van der Waals surface area (Å²) in [5, 5.41) is 9.13. The Hall–Kier alpha value is -2.37. The highest BCUT2D eigenvalue weighted by molar-refractivity contribution is 7.89. The van der Waals surface area contributed by atoms with Gasteiger partial charge in [-0.2, -0.15) is 4.31 Å². The Bertz CT molecular complexity index is 888. The van der Waals surface area contributed by atoms with E-state index in [-0.39, 0.29) is 44.2 Å².